The Balaban J connectivity index is 0.000000128. The van der Waals surface area contributed by atoms with E-state index in [1.807, 2.05) is 43.4 Å². The number of likely N-dealkylation sites (tertiary alicyclic amines) is 3. The van der Waals surface area contributed by atoms with Gasteiger partial charge in [0.15, 0.2) is 0 Å². The Morgan fingerprint density at radius 2 is 0.452 bits per heavy atom. The van der Waals surface area contributed by atoms with E-state index in [1.165, 1.54) is 92.7 Å². The molecule has 10 saturated heterocycles. The number of pyridine rings is 7. The molecule has 7 atom stereocenters. The van der Waals surface area contributed by atoms with E-state index in [2.05, 4.69) is 323 Å². The summed E-state index contributed by atoms with van der Waals surface area (Å²) in [5, 5.41) is 0. The molecule has 0 N–H and O–H groups in total. The molecule has 3 unspecified atom stereocenters. The van der Waals surface area contributed by atoms with Gasteiger partial charge in [-0.15, -0.1) is 0 Å². The third kappa shape index (κ3) is 30.9. The number of anilines is 7. The molecule has 14 aliphatic rings. The van der Waals surface area contributed by atoms with Crippen LogP contribution in [0.4, 0.5) is 53.0 Å². The third-order valence-electron chi connectivity index (χ3n) is 32.3. The predicted molar refractivity (Wildman–Crippen MR) is 585 cm³/mol. The highest BCUT2D eigenvalue weighted by atomic mass is 19.1. The van der Waals surface area contributed by atoms with Crippen LogP contribution in [0.2, 0.25) is 0 Å². The first kappa shape index (κ1) is 112. The van der Waals surface area contributed by atoms with Gasteiger partial charge in [-0.05, 0) is 226 Å². The second kappa shape index (κ2) is 52.3. The fraction of sp³-hybridized carbons (Fsp3) is 0.698. The summed E-state index contributed by atoms with van der Waals surface area (Å²) in [5.41, 5.74) is 17.2. The normalized spacial score (nSPS) is 24.4. The molecule has 806 valence electrons. The van der Waals surface area contributed by atoms with E-state index in [4.69, 9.17) is 33.2 Å². The van der Waals surface area contributed by atoms with Gasteiger partial charge in [-0.2, -0.15) is 0 Å². The average molecular weight is 2020 g/mol. The van der Waals surface area contributed by atoms with E-state index < -0.39 is 18.5 Å². The van der Waals surface area contributed by atoms with Crippen LogP contribution in [0.3, 0.4) is 0 Å². The maximum atomic E-state index is 12.9. The van der Waals surface area contributed by atoms with Crippen molar-refractivity contribution in [2.75, 3.05) is 273 Å². The molecule has 0 aromatic carbocycles. The summed E-state index contributed by atoms with van der Waals surface area (Å²) in [6.07, 6.45) is 26.8. The Hall–Kier alpha value is -8.08. The summed E-state index contributed by atoms with van der Waals surface area (Å²) in [7, 11) is 13.0. The lowest BCUT2D eigenvalue weighted by Gasteiger charge is -2.40. The zero-order chi connectivity index (χ0) is 104. The molecule has 17 heterocycles. The first-order valence-electron chi connectivity index (χ1n) is 55.5. The van der Waals surface area contributed by atoms with Crippen LogP contribution in [0, 0.1) is 5.92 Å². The molecular formula is C116H179F3N20O7. The molecule has 4 saturated carbocycles. The number of likely N-dealkylation sites (N-methyl/N-ethyl adjacent to an activating group) is 3. The number of halogens is 3. The highest BCUT2D eigenvalue weighted by molar-refractivity contribution is 5.52. The van der Waals surface area contributed by atoms with Crippen LogP contribution in [-0.2, 0) is 33.2 Å². The standard InChI is InChI=1S/3C17H27N3O.C17H26N2O.3C16H24FN3O/c3*1-13(2)15-6-5-14(11-18-15)20-9-10-21-16(12-20)17(7-8-17)19(3)4;1-13(2)17-8-6-15(11-18-17)19-9-10-20-16(12-19)7-5-14-3-4-14;3*1-12(2)16-4-3-14(7-18-16)20-5-6-21-15(11-20)10-19-8-13(17)9-19/h3*5-6,11,13,16H,7-10,12H2,1-4H3;6,8,11,13-14,16H,3-5,7,9-10,12H2,1-2H3;3*3-4,7,12-13,15H,5-6,8-11H2,1-2H3/t2*16-;;;2*15-;/m10..10./s1. The van der Waals surface area contributed by atoms with Crippen molar-refractivity contribution in [3.05, 3.63) is 168 Å². The van der Waals surface area contributed by atoms with Crippen molar-refractivity contribution in [1.29, 1.82) is 0 Å². The van der Waals surface area contributed by atoms with E-state index >= 15 is 0 Å². The van der Waals surface area contributed by atoms with E-state index in [0.29, 0.717) is 105 Å². The lowest BCUT2D eigenvalue weighted by Crippen LogP contribution is -2.55. The molecule has 7 aromatic heterocycles. The maximum Gasteiger partial charge on any atom is 0.125 e. The first-order valence-corrected chi connectivity index (χ1v) is 55.5. The molecule has 7 aromatic rings. The minimum atomic E-state index is -0.641. The summed E-state index contributed by atoms with van der Waals surface area (Å²) >= 11 is 0. The Bertz CT molecular complexity index is 4560. The molecule has 0 spiro atoms. The van der Waals surface area contributed by atoms with E-state index in [-0.39, 0.29) is 34.9 Å². The lowest BCUT2D eigenvalue weighted by atomic mass is 10.1. The summed E-state index contributed by atoms with van der Waals surface area (Å²) in [4.78, 5) is 62.1. The largest absolute Gasteiger partial charge is 0.375 e. The van der Waals surface area contributed by atoms with Crippen LogP contribution >= 0.6 is 0 Å². The molecule has 146 heavy (non-hydrogen) atoms. The van der Waals surface area contributed by atoms with Crippen LogP contribution in [0.1, 0.15) is 242 Å². The van der Waals surface area contributed by atoms with Crippen molar-refractivity contribution >= 4 is 39.8 Å². The van der Waals surface area contributed by atoms with Crippen molar-refractivity contribution < 1.29 is 46.3 Å². The van der Waals surface area contributed by atoms with Crippen LogP contribution in [0.5, 0.6) is 0 Å². The summed E-state index contributed by atoms with van der Waals surface area (Å²) in [6, 6.07) is 30.2. The van der Waals surface area contributed by atoms with Gasteiger partial charge in [-0.25, -0.2) is 13.2 Å². The number of aromatic nitrogens is 7. The fourth-order valence-corrected chi connectivity index (χ4v) is 21.6. The summed E-state index contributed by atoms with van der Waals surface area (Å²) in [6.45, 7) is 54.7. The van der Waals surface area contributed by atoms with Gasteiger partial charge in [0.2, 0.25) is 0 Å². The summed E-state index contributed by atoms with van der Waals surface area (Å²) in [5.74, 6) is 4.32. The zero-order valence-corrected chi connectivity index (χ0v) is 92.2. The molecule has 21 rings (SSSR count). The number of rotatable bonds is 29. The van der Waals surface area contributed by atoms with Gasteiger partial charge in [-0.1, -0.05) is 110 Å². The zero-order valence-electron chi connectivity index (χ0n) is 92.2. The van der Waals surface area contributed by atoms with Crippen LogP contribution in [-0.4, -0.2) is 381 Å². The Kier molecular flexibility index (Phi) is 40.1. The van der Waals surface area contributed by atoms with Crippen LogP contribution in [0.15, 0.2) is 128 Å². The van der Waals surface area contributed by atoms with E-state index in [1.54, 1.807) is 0 Å². The highest BCUT2D eigenvalue weighted by Gasteiger charge is 2.56. The Morgan fingerprint density at radius 1 is 0.260 bits per heavy atom. The topological polar surface area (TPSA) is 197 Å². The van der Waals surface area contributed by atoms with Gasteiger partial charge in [-0.3, -0.25) is 49.6 Å². The second-order valence-corrected chi connectivity index (χ2v) is 46.3. The summed E-state index contributed by atoms with van der Waals surface area (Å²) < 4.78 is 80.2. The quantitative estimate of drug-likeness (QED) is 0.0429. The molecule has 0 radical (unpaired) electrons. The minimum Gasteiger partial charge on any atom is -0.375 e. The van der Waals surface area contributed by atoms with Crippen molar-refractivity contribution in [3.63, 3.8) is 0 Å². The van der Waals surface area contributed by atoms with Gasteiger partial charge in [0.25, 0.3) is 0 Å². The smallest absolute Gasteiger partial charge is 0.125 e. The number of hydrogen-bond acceptors (Lipinski definition) is 27. The first-order chi connectivity index (χ1) is 70.1. The van der Waals surface area contributed by atoms with Gasteiger partial charge in [0.05, 0.1) is 172 Å². The molecule has 0 bridgehead atoms. The second-order valence-electron chi connectivity index (χ2n) is 46.3. The van der Waals surface area contributed by atoms with Crippen molar-refractivity contribution in [2.45, 2.75) is 280 Å². The van der Waals surface area contributed by atoms with E-state index in [0.717, 1.165) is 215 Å². The van der Waals surface area contributed by atoms with Crippen LogP contribution < -0.4 is 34.3 Å². The van der Waals surface area contributed by atoms with Crippen molar-refractivity contribution in [2.24, 2.45) is 5.92 Å². The number of nitrogens with zero attached hydrogens (tertiary/aromatic N) is 20. The molecule has 30 heteroatoms. The molecule has 10 aliphatic heterocycles. The molecular weight excluding hydrogens is 1840 g/mol. The third-order valence-corrected chi connectivity index (χ3v) is 32.3. The minimum absolute atomic E-state index is 0.163. The Labute approximate surface area is 873 Å². The van der Waals surface area contributed by atoms with Crippen molar-refractivity contribution in [1.82, 2.24) is 64.3 Å². The molecule has 27 nitrogen and oxygen atoms in total. The van der Waals surface area contributed by atoms with Gasteiger partial charge in [0.1, 0.15) is 18.5 Å². The average Bonchev–Trinajstić information content (AvgIpc) is 1.61. The highest BCUT2D eigenvalue weighted by Crippen LogP contribution is 2.49. The monoisotopic (exact) mass is 2020 g/mol. The molecule has 0 amide bonds. The molecule has 4 aliphatic carbocycles. The SMILES string of the molecule is CC(C)c1ccc(N2CCOC(C3(N(C)C)CC3)C2)cn1.CC(C)c1ccc(N2CCOC(CCC3CC3)C2)cn1.CC(C)c1ccc(N2CCOC(CN3CC(F)C3)C2)cn1.CC(C)c1ccc(N2CCO[C@@H](C3(N(C)C)CC3)C2)cn1.CC(C)c1ccc(N2CCO[C@@H](CN3CC(F)C3)C2)cn1.CC(C)c1ccc(N2CCO[C@H](C3(N(C)C)CC3)C2)cn1.CC(C)c1ccc(N2CCO[C@H](CN3CC(F)C3)C2)cn1. The fourth-order valence-electron chi connectivity index (χ4n) is 21.6. The number of alkyl halides is 3. The van der Waals surface area contributed by atoms with Gasteiger partial charge < -0.3 is 82.2 Å². The van der Waals surface area contributed by atoms with E-state index in [9.17, 15) is 13.2 Å². The Morgan fingerprint density at radius 3 is 0.623 bits per heavy atom. The van der Waals surface area contributed by atoms with Crippen molar-refractivity contribution in [3.8, 4) is 0 Å². The predicted octanol–water partition coefficient (Wildman–Crippen LogP) is 17.3. The number of hydrogen-bond donors (Lipinski definition) is 0. The maximum absolute atomic E-state index is 12.9. The molecule has 14 fully saturated rings. The van der Waals surface area contributed by atoms with Crippen LogP contribution in [0.25, 0.3) is 0 Å². The van der Waals surface area contributed by atoms with Gasteiger partial charge in [0, 0.05) is 207 Å². The lowest BCUT2D eigenvalue weighted by molar-refractivity contribution is -0.0216. The number of morpholine rings is 7. The van der Waals surface area contributed by atoms with Gasteiger partial charge >= 0.3 is 0 Å². The number of ether oxygens (including phenoxy) is 7.